The highest BCUT2D eigenvalue weighted by Gasteiger charge is 1.98. The first-order valence-corrected chi connectivity index (χ1v) is 3.64. The van der Waals surface area contributed by atoms with E-state index in [9.17, 15) is 4.79 Å². The summed E-state index contributed by atoms with van der Waals surface area (Å²) in [7, 11) is 0. The predicted octanol–water partition coefficient (Wildman–Crippen LogP) is 1.31. The van der Waals surface area contributed by atoms with Gasteiger partial charge in [0.15, 0.2) is 0 Å². The molecule has 0 atom stereocenters. The minimum absolute atomic E-state index is 0.162. The van der Waals surface area contributed by atoms with Crippen LogP contribution in [-0.4, -0.2) is 15.9 Å². The van der Waals surface area contributed by atoms with Crippen molar-refractivity contribution in [1.29, 1.82) is 0 Å². The zero-order chi connectivity index (χ0) is 8.97. The van der Waals surface area contributed by atoms with Crippen molar-refractivity contribution in [1.82, 2.24) is 9.97 Å². The number of imidazole rings is 1. The van der Waals surface area contributed by atoms with Crippen LogP contribution in [0.3, 0.4) is 0 Å². The topological polar surface area (TPSA) is 57.8 Å². The SMILES string of the molecule is CC(C)=CC(=O)Nc1ncc[nH]1. The molecule has 0 radical (unpaired) electrons. The summed E-state index contributed by atoms with van der Waals surface area (Å²) in [4.78, 5) is 17.7. The smallest absolute Gasteiger partial charge is 0.250 e. The van der Waals surface area contributed by atoms with Crippen molar-refractivity contribution in [2.75, 3.05) is 5.32 Å². The molecule has 12 heavy (non-hydrogen) atoms. The van der Waals surface area contributed by atoms with Gasteiger partial charge in [0, 0.05) is 18.5 Å². The number of H-pyrrole nitrogens is 1. The normalized spacial score (nSPS) is 9.17. The molecule has 0 fully saturated rings. The summed E-state index contributed by atoms with van der Waals surface area (Å²) in [6, 6.07) is 0. The number of rotatable bonds is 2. The van der Waals surface area contributed by atoms with Gasteiger partial charge in [-0.3, -0.25) is 10.1 Å². The lowest BCUT2D eigenvalue weighted by Gasteiger charge is -1.95. The number of hydrogen-bond acceptors (Lipinski definition) is 2. The Morgan fingerprint density at radius 1 is 1.67 bits per heavy atom. The monoisotopic (exact) mass is 165 g/mol. The number of nitrogens with zero attached hydrogens (tertiary/aromatic N) is 1. The number of nitrogens with one attached hydrogen (secondary N) is 2. The van der Waals surface area contributed by atoms with Gasteiger partial charge in [0.25, 0.3) is 5.91 Å². The lowest BCUT2D eigenvalue weighted by Crippen LogP contribution is -2.09. The molecule has 4 nitrogen and oxygen atoms in total. The molecule has 0 bridgehead atoms. The molecule has 0 aliphatic carbocycles. The van der Waals surface area contributed by atoms with E-state index in [-0.39, 0.29) is 5.91 Å². The van der Waals surface area contributed by atoms with Gasteiger partial charge in [-0.25, -0.2) is 4.98 Å². The van der Waals surface area contributed by atoms with Crippen molar-refractivity contribution in [3.05, 3.63) is 24.0 Å². The zero-order valence-electron chi connectivity index (χ0n) is 7.09. The molecule has 0 saturated carbocycles. The average molecular weight is 165 g/mol. The molecule has 4 heteroatoms. The maximum atomic E-state index is 11.1. The molecular weight excluding hydrogens is 154 g/mol. The van der Waals surface area contributed by atoms with Crippen LogP contribution in [0.5, 0.6) is 0 Å². The number of carbonyl (C=O) groups is 1. The van der Waals surface area contributed by atoms with Gasteiger partial charge in [0.05, 0.1) is 0 Å². The third kappa shape index (κ3) is 2.57. The first-order chi connectivity index (χ1) is 5.68. The van der Waals surface area contributed by atoms with Crippen molar-refractivity contribution in [3.8, 4) is 0 Å². The Morgan fingerprint density at radius 2 is 2.42 bits per heavy atom. The Hall–Kier alpha value is -1.58. The number of amides is 1. The van der Waals surface area contributed by atoms with Crippen molar-refractivity contribution in [3.63, 3.8) is 0 Å². The van der Waals surface area contributed by atoms with Gasteiger partial charge >= 0.3 is 0 Å². The van der Waals surface area contributed by atoms with Crippen LogP contribution in [0.2, 0.25) is 0 Å². The van der Waals surface area contributed by atoms with Crippen LogP contribution in [0.15, 0.2) is 24.0 Å². The Balaban J connectivity index is 2.54. The highest BCUT2D eigenvalue weighted by molar-refractivity contribution is 5.98. The van der Waals surface area contributed by atoms with E-state index in [1.807, 2.05) is 13.8 Å². The first kappa shape index (κ1) is 8.52. The fourth-order valence-electron chi connectivity index (χ4n) is 0.749. The van der Waals surface area contributed by atoms with Gasteiger partial charge in [-0.15, -0.1) is 0 Å². The van der Waals surface area contributed by atoms with Gasteiger partial charge in [-0.05, 0) is 13.8 Å². The number of aromatic nitrogens is 2. The summed E-state index contributed by atoms with van der Waals surface area (Å²) in [5, 5.41) is 2.57. The summed E-state index contributed by atoms with van der Waals surface area (Å²) in [5.74, 6) is 0.308. The van der Waals surface area contributed by atoms with Crippen LogP contribution in [0, 0.1) is 0 Å². The van der Waals surface area contributed by atoms with Gasteiger partial charge in [-0.2, -0.15) is 0 Å². The van der Waals surface area contributed by atoms with E-state index in [2.05, 4.69) is 15.3 Å². The molecule has 0 aliphatic heterocycles. The summed E-state index contributed by atoms with van der Waals surface area (Å²) >= 11 is 0. The molecular formula is C8H11N3O. The molecule has 0 aromatic carbocycles. The van der Waals surface area contributed by atoms with Gasteiger partial charge in [0.1, 0.15) is 0 Å². The molecule has 1 heterocycles. The Kier molecular flexibility index (Phi) is 2.63. The number of hydrogen-bond donors (Lipinski definition) is 2. The fourth-order valence-corrected chi connectivity index (χ4v) is 0.749. The molecule has 0 aliphatic rings. The van der Waals surface area contributed by atoms with E-state index < -0.39 is 0 Å². The van der Waals surface area contributed by atoms with E-state index in [0.29, 0.717) is 5.95 Å². The minimum Gasteiger partial charge on any atom is -0.331 e. The van der Waals surface area contributed by atoms with Crippen LogP contribution in [0.1, 0.15) is 13.8 Å². The van der Waals surface area contributed by atoms with Crippen molar-refractivity contribution in [2.24, 2.45) is 0 Å². The fraction of sp³-hybridized carbons (Fsp3) is 0.250. The summed E-state index contributed by atoms with van der Waals surface area (Å²) in [6.07, 6.45) is 4.75. The second-order valence-corrected chi connectivity index (χ2v) is 2.65. The van der Waals surface area contributed by atoms with E-state index in [1.54, 1.807) is 12.4 Å². The molecule has 0 spiro atoms. The maximum absolute atomic E-state index is 11.1. The van der Waals surface area contributed by atoms with E-state index >= 15 is 0 Å². The van der Waals surface area contributed by atoms with Crippen molar-refractivity contribution < 1.29 is 4.79 Å². The third-order valence-electron chi connectivity index (χ3n) is 1.16. The maximum Gasteiger partial charge on any atom is 0.250 e. The summed E-state index contributed by atoms with van der Waals surface area (Å²) < 4.78 is 0. The third-order valence-corrected chi connectivity index (χ3v) is 1.16. The number of carbonyl (C=O) groups excluding carboxylic acids is 1. The molecule has 0 unspecified atom stereocenters. The second kappa shape index (κ2) is 3.71. The molecule has 2 N–H and O–H groups in total. The van der Waals surface area contributed by atoms with Crippen molar-refractivity contribution >= 4 is 11.9 Å². The summed E-state index contributed by atoms with van der Waals surface area (Å²) in [6.45, 7) is 3.73. The van der Waals surface area contributed by atoms with Gasteiger partial charge < -0.3 is 4.98 Å². The minimum atomic E-state index is -0.162. The molecule has 64 valence electrons. The highest BCUT2D eigenvalue weighted by Crippen LogP contribution is 1.96. The summed E-state index contributed by atoms with van der Waals surface area (Å²) in [5.41, 5.74) is 0.957. The lowest BCUT2D eigenvalue weighted by atomic mass is 10.3. The molecule has 0 saturated heterocycles. The standard InChI is InChI=1S/C8H11N3O/c1-6(2)5-7(12)11-8-9-3-4-10-8/h3-5H,1-2H3,(H2,9,10,11,12). The highest BCUT2D eigenvalue weighted by atomic mass is 16.1. The second-order valence-electron chi connectivity index (χ2n) is 2.65. The van der Waals surface area contributed by atoms with Crippen LogP contribution in [0.4, 0.5) is 5.95 Å². The van der Waals surface area contributed by atoms with Crippen LogP contribution < -0.4 is 5.32 Å². The first-order valence-electron chi connectivity index (χ1n) is 3.64. The average Bonchev–Trinajstić information content (AvgIpc) is 2.37. The Labute approximate surface area is 70.7 Å². The molecule has 1 aromatic heterocycles. The predicted molar refractivity (Wildman–Crippen MR) is 46.6 cm³/mol. The van der Waals surface area contributed by atoms with Gasteiger partial charge in [0.2, 0.25) is 5.95 Å². The number of allylic oxidation sites excluding steroid dienone is 1. The lowest BCUT2D eigenvalue weighted by molar-refractivity contribution is -0.112. The zero-order valence-corrected chi connectivity index (χ0v) is 7.09. The van der Waals surface area contributed by atoms with E-state index in [4.69, 9.17) is 0 Å². The molecule has 1 aromatic rings. The van der Waals surface area contributed by atoms with E-state index in [1.165, 1.54) is 6.08 Å². The van der Waals surface area contributed by atoms with E-state index in [0.717, 1.165) is 5.57 Å². The van der Waals surface area contributed by atoms with Crippen LogP contribution in [-0.2, 0) is 4.79 Å². The quantitative estimate of drug-likeness (QED) is 0.649. The van der Waals surface area contributed by atoms with Crippen LogP contribution in [0.25, 0.3) is 0 Å². The number of aromatic amines is 1. The van der Waals surface area contributed by atoms with Gasteiger partial charge in [-0.1, -0.05) is 5.57 Å². The van der Waals surface area contributed by atoms with Crippen molar-refractivity contribution in [2.45, 2.75) is 13.8 Å². The molecule has 1 amide bonds. The Bertz CT molecular complexity index is 283. The Morgan fingerprint density at radius 3 is 2.92 bits per heavy atom. The van der Waals surface area contributed by atoms with Crippen LogP contribution >= 0.6 is 0 Å². The number of anilines is 1. The molecule has 1 rings (SSSR count). The largest absolute Gasteiger partial charge is 0.331 e.